The molecule has 1 fully saturated rings. The predicted molar refractivity (Wildman–Crippen MR) is 128 cm³/mol. The highest BCUT2D eigenvalue weighted by Gasteiger charge is 2.44. The molecule has 38 heavy (non-hydrogen) atoms. The standard InChI is InChI=1S/C26H23F5N4O3/c27-20-3-1-2-19(26(29,30)31)23(20)35-18-5-4-15(21(28)9-18)12-34-24(37)25(6-7-38-14-25)10-22(36)16-8-17(32)13-33-11-16/h1-5,8-9,11,13,35H,6-7,10,12,14,32H2,(H,34,37)/t25-/m0/s1. The predicted octanol–water partition coefficient (Wildman–Crippen LogP) is 5.00. The molecule has 2 aromatic carbocycles. The van der Waals surface area contributed by atoms with E-state index in [1.54, 1.807) is 0 Å². The summed E-state index contributed by atoms with van der Waals surface area (Å²) in [5.41, 5.74) is 2.92. The fourth-order valence-electron chi connectivity index (χ4n) is 4.19. The van der Waals surface area contributed by atoms with Crippen LogP contribution < -0.4 is 16.4 Å². The van der Waals surface area contributed by atoms with Crippen LogP contribution in [0.2, 0.25) is 0 Å². The number of nitrogens with zero attached hydrogens (tertiary/aromatic N) is 1. The van der Waals surface area contributed by atoms with Gasteiger partial charge >= 0.3 is 6.18 Å². The number of nitrogens with two attached hydrogens (primary N) is 1. The summed E-state index contributed by atoms with van der Waals surface area (Å²) >= 11 is 0. The van der Waals surface area contributed by atoms with Crippen LogP contribution in [0.1, 0.15) is 34.3 Å². The van der Waals surface area contributed by atoms with Crippen LogP contribution in [0, 0.1) is 17.0 Å². The molecule has 0 radical (unpaired) electrons. The minimum Gasteiger partial charge on any atom is -0.397 e. The lowest BCUT2D eigenvalue weighted by Gasteiger charge is -2.25. The molecule has 4 N–H and O–H groups in total. The number of Topliss-reactive ketones (excluding diaryl/α,β-unsaturated/α-hetero) is 1. The number of rotatable bonds is 8. The number of hydrogen-bond acceptors (Lipinski definition) is 6. The maximum absolute atomic E-state index is 14.8. The Morgan fingerprint density at radius 3 is 2.53 bits per heavy atom. The van der Waals surface area contributed by atoms with Crippen molar-refractivity contribution in [1.82, 2.24) is 10.3 Å². The van der Waals surface area contributed by atoms with Crippen molar-refractivity contribution in [3.63, 3.8) is 0 Å². The summed E-state index contributed by atoms with van der Waals surface area (Å²) in [4.78, 5) is 29.8. The van der Waals surface area contributed by atoms with Crippen LogP contribution in [0.25, 0.3) is 0 Å². The van der Waals surface area contributed by atoms with Gasteiger partial charge in [-0.3, -0.25) is 14.6 Å². The molecule has 1 aliphatic heterocycles. The van der Waals surface area contributed by atoms with E-state index < -0.39 is 40.4 Å². The van der Waals surface area contributed by atoms with Crippen molar-refractivity contribution < 1.29 is 36.3 Å². The third kappa shape index (κ3) is 5.91. The fourth-order valence-corrected chi connectivity index (χ4v) is 4.19. The van der Waals surface area contributed by atoms with E-state index in [1.807, 2.05) is 0 Å². The minimum atomic E-state index is -4.82. The van der Waals surface area contributed by atoms with E-state index in [9.17, 15) is 31.5 Å². The first-order valence-electron chi connectivity index (χ1n) is 11.5. The molecule has 1 atom stereocenters. The highest BCUT2D eigenvalue weighted by molar-refractivity contribution is 6.00. The van der Waals surface area contributed by atoms with Gasteiger partial charge < -0.3 is 21.1 Å². The zero-order chi connectivity index (χ0) is 27.5. The molecule has 0 aliphatic carbocycles. The molecule has 200 valence electrons. The Morgan fingerprint density at radius 2 is 1.87 bits per heavy atom. The van der Waals surface area contributed by atoms with Crippen LogP contribution in [0.5, 0.6) is 0 Å². The average molecular weight is 534 g/mol. The summed E-state index contributed by atoms with van der Waals surface area (Å²) in [6, 6.07) is 7.38. The normalized spacial score (nSPS) is 17.3. The number of aromatic nitrogens is 1. The molecule has 7 nitrogen and oxygen atoms in total. The number of anilines is 3. The third-order valence-electron chi connectivity index (χ3n) is 6.25. The number of alkyl halides is 3. The lowest BCUT2D eigenvalue weighted by atomic mass is 9.80. The second-order valence-corrected chi connectivity index (χ2v) is 8.96. The summed E-state index contributed by atoms with van der Waals surface area (Å²) in [5, 5.41) is 4.90. The van der Waals surface area contributed by atoms with E-state index in [-0.39, 0.29) is 55.2 Å². The van der Waals surface area contributed by atoms with Crippen molar-refractivity contribution in [2.45, 2.75) is 25.6 Å². The van der Waals surface area contributed by atoms with Crippen LogP contribution in [0.3, 0.4) is 0 Å². The summed E-state index contributed by atoms with van der Waals surface area (Å²) in [6.45, 7) is 0.00459. The Labute approximate surface area is 214 Å². The summed E-state index contributed by atoms with van der Waals surface area (Å²) < 4.78 is 74.0. The highest BCUT2D eigenvalue weighted by atomic mass is 19.4. The number of hydrogen-bond donors (Lipinski definition) is 3. The number of nitrogens with one attached hydrogen (secondary N) is 2. The van der Waals surface area contributed by atoms with Gasteiger partial charge in [-0.2, -0.15) is 13.2 Å². The summed E-state index contributed by atoms with van der Waals surface area (Å²) in [7, 11) is 0. The fraction of sp³-hybridized carbons (Fsp3) is 0.269. The third-order valence-corrected chi connectivity index (χ3v) is 6.25. The Hall–Kier alpha value is -4.06. The molecule has 1 aromatic heterocycles. The minimum absolute atomic E-state index is 0.00413. The molecule has 12 heteroatoms. The van der Waals surface area contributed by atoms with Gasteiger partial charge in [-0.05, 0) is 36.8 Å². The van der Waals surface area contributed by atoms with Crippen molar-refractivity contribution in [3.8, 4) is 0 Å². The second-order valence-electron chi connectivity index (χ2n) is 8.96. The van der Waals surface area contributed by atoms with Gasteiger partial charge in [0.1, 0.15) is 11.6 Å². The molecular formula is C26H23F5N4O3. The first-order valence-corrected chi connectivity index (χ1v) is 11.5. The van der Waals surface area contributed by atoms with E-state index in [0.717, 1.165) is 18.2 Å². The van der Waals surface area contributed by atoms with Gasteiger partial charge in [0.05, 0.1) is 29.0 Å². The van der Waals surface area contributed by atoms with Crippen LogP contribution in [-0.2, 0) is 22.3 Å². The number of benzene rings is 2. The van der Waals surface area contributed by atoms with Crippen molar-refractivity contribution in [2.75, 3.05) is 24.3 Å². The second kappa shape index (κ2) is 10.7. The number of carbonyl (C=O) groups excluding carboxylic acids is 2. The van der Waals surface area contributed by atoms with Crippen molar-refractivity contribution in [2.24, 2.45) is 5.41 Å². The number of ether oxygens (including phenoxy) is 1. The molecular weight excluding hydrogens is 511 g/mol. The Morgan fingerprint density at radius 1 is 1.08 bits per heavy atom. The van der Waals surface area contributed by atoms with Crippen LogP contribution in [-0.4, -0.2) is 29.9 Å². The smallest absolute Gasteiger partial charge is 0.397 e. The van der Waals surface area contributed by atoms with E-state index in [1.165, 1.54) is 30.6 Å². The molecule has 0 saturated carbocycles. The molecule has 0 spiro atoms. The number of carbonyl (C=O) groups is 2. The molecule has 3 aromatic rings. The Balaban J connectivity index is 1.45. The lowest BCUT2D eigenvalue weighted by molar-refractivity contribution is -0.137. The van der Waals surface area contributed by atoms with Crippen molar-refractivity contribution >= 4 is 28.8 Å². The largest absolute Gasteiger partial charge is 0.418 e. The molecule has 4 rings (SSSR count). The Kier molecular flexibility index (Phi) is 7.63. The number of halogens is 5. The number of para-hydroxylation sites is 1. The molecule has 0 unspecified atom stereocenters. The van der Waals surface area contributed by atoms with E-state index in [0.29, 0.717) is 11.8 Å². The van der Waals surface area contributed by atoms with Gasteiger partial charge in [-0.25, -0.2) is 8.78 Å². The van der Waals surface area contributed by atoms with E-state index in [4.69, 9.17) is 10.5 Å². The number of nitrogen functional groups attached to an aromatic ring is 1. The van der Waals surface area contributed by atoms with Crippen molar-refractivity contribution in [1.29, 1.82) is 0 Å². The van der Waals surface area contributed by atoms with Gasteiger partial charge in [-0.1, -0.05) is 12.1 Å². The SMILES string of the molecule is Nc1cncc(C(=O)C[C@@]2(C(=O)NCc3ccc(Nc4c(F)cccc4C(F)(F)F)cc3F)CCOC2)c1. The summed E-state index contributed by atoms with van der Waals surface area (Å²) in [5.74, 6) is -2.84. The monoisotopic (exact) mass is 534 g/mol. The lowest BCUT2D eigenvalue weighted by Crippen LogP contribution is -2.42. The van der Waals surface area contributed by atoms with E-state index >= 15 is 0 Å². The van der Waals surface area contributed by atoms with E-state index in [2.05, 4.69) is 15.6 Å². The maximum Gasteiger partial charge on any atom is 0.418 e. The van der Waals surface area contributed by atoms with Crippen LogP contribution in [0.15, 0.2) is 54.9 Å². The maximum atomic E-state index is 14.8. The number of ketones is 1. The highest BCUT2D eigenvalue weighted by Crippen LogP contribution is 2.38. The van der Waals surface area contributed by atoms with Gasteiger partial charge in [0, 0.05) is 48.8 Å². The van der Waals surface area contributed by atoms with Gasteiger partial charge in [0.2, 0.25) is 5.91 Å². The molecule has 2 heterocycles. The zero-order valence-electron chi connectivity index (χ0n) is 19.9. The number of pyridine rings is 1. The topological polar surface area (TPSA) is 106 Å². The molecule has 1 amide bonds. The average Bonchev–Trinajstić information content (AvgIpc) is 3.33. The van der Waals surface area contributed by atoms with Crippen molar-refractivity contribution in [3.05, 3.63) is 83.2 Å². The Bertz CT molecular complexity index is 1360. The number of amides is 1. The van der Waals surface area contributed by atoms with Crippen LogP contribution >= 0.6 is 0 Å². The zero-order valence-corrected chi connectivity index (χ0v) is 19.9. The first-order chi connectivity index (χ1) is 18.0. The summed E-state index contributed by atoms with van der Waals surface area (Å²) in [6.07, 6.45) is -1.98. The molecule has 0 bridgehead atoms. The van der Waals surface area contributed by atoms with Crippen LogP contribution in [0.4, 0.5) is 39.0 Å². The van der Waals surface area contributed by atoms with Gasteiger partial charge in [0.25, 0.3) is 0 Å². The molecule has 1 aliphatic rings. The quantitative estimate of drug-likeness (QED) is 0.278. The molecule has 1 saturated heterocycles. The van der Waals surface area contributed by atoms with Gasteiger partial charge in [-0.15, -0.1) is 0 Å². The first kappa shape index (κ1) is 27.0. The van der Waals surface area contributed by atoms with Gasteiger partial charge in [0.15, 0.2) is 5.78 Å².